The van der Waals surface area contributed by atoms with Crippen molar-refractivity contribution in [3.05, 3.63) is 132 Å². The Labute approximate surface area is 304 Å². The van der Waals surface area contributed by atoms with E-state index in [0.29, 0.717) is 24.9 Å². The molecule has 0 bridgehead atoms. The van der Waals surface area contributed by atoms with Gasteiger partial charge in [0, 0.05) is 26.6 Å². The number of likely N-dealkylation sites (N-methyl/N-ethyl adjacent to an activating group) is 1. The largest absolute Gasteiger partial charge is 0.455 e. The molecule has 52 heavy (non-hydrogen) atoms. The van der Waals surface area contributed by atoms with Gasteiger partial charge in [-0.15, -0.1) is 0 Å². The molecule has 1 N–H and O–H groups in total. The van der Waals surface area contributed by atoms with E-state index in [9.17, 15) is 19.5 Å². The molecule has 3 aromatic rings. The van der Waals surface area contributed by atoms with Gasteiger partial charge in [0.25, 0.3) is 0 Å². The minimum atomic E-state index is -1.52. The van der Waals surface area contributed by atoms with E-state index >= 15 is 4.79 Å². The SMILES string of the molecule is C[C@H]1[C@H](c2ccccc2)OC(=O)[C@@H]2[C@H](/C=C\CCC(=O)N1C)O[C@@]13C=CCN(Cc4ccccc4)C(=O)[C@@H]1N([C@@H](CO)Cc1ccccc1)C(=O)[C@@H]23. The van der Waals surface area contributed by atoms with Gasteiger partial charge in [-0.2, -0.15) is 0 Å². The molecule has 4 aliphatic heterocycles. The summed E-state index contributed by atoms with van der Waals surface area (Å²) in [6.45, 7) is 2.02. The molecule has 4 heterocycles. The van der Waals surface area contributed by atoms with Crippen LogP contribution in [-0.4, -0.2) is 93.5 Å². The molecule has 4 aliphatic rings. The Hall–Kier alpha value is -5.06. The smallest absolute Gasteiger partial charge is 0.313 e. The highest BCUT2D eigenvalue weighted by molar-refractivity contribution is 5.99. The second-order valence-electron chi connectivity index (χ2n) is 14.2. The van der Waals surface area contributed by atoms with Gasteiger partial charge in [0.15, 0.2) is 0 Å². The van der Waals surface area contributed by atoms with Crippen LogP contribution >= 0.6 is 0 Å². The maximum atomic E-state index is 15.1. The van der Waals surface area contributed by atoms with Crippen LogP contribution in [0.1, 0.15) is 42.6 Å². The van der Waals surface area contributed by atoms with E-state index in [1.54, 1.807) is 29.0 Å². The molecule has 0 aromatic heterocycles. The lowest BCUT2D eigenvalue weighted by Gasteiger charge is -2.38. The Bertz CT molecular complexity index is 1830. The highest BCUT2D eigenvalue weighted by Crippen LogP contribution is 2.54. The Morgan fingerprint density at radius 2 is 1.52 bits per heavy atom. The van der Waals surface area contributed by atoms with Crippen molar-refractivity contribution >= 4 is 23.7 Å². The van der Waals surface area contributed by atoms with E-state index in [-0.39, 0.29) is 24.8 Å². The molecular formula is C42H45N3O7. The van der Waals surface area contributed by atoms with Crippen molar-refractivity contribution in [2.24, 2.45) is 11.8 Å². The molecule has 10 nitrogen and oxygen atoms in total. The number of cyclic esters (lactones) is 1. The van der Waals surface area contributed by atoms with Crippen molar-refractivity contribution in [2.75, 3.05) is 20.2 Å². The first-order valence-corrected chi connectivity index (χ1v) is 18.1. The first-order chi connectivity index (χ1) is 25.2. The molecule has 2 fully saturated rings. The summed E-state index contributed by atoms with van der Waals surface area (Å²) in [7, 11) is 1.70. The predicted molar refractivity (Wildman–Crippen MR) is 193 cm³/mol. The zero-order valence-electron chi connectivity index (χ0n) is 29.5. The number of aliphatic hydroxyl groups is 1. The molecular weight excluding hydrogens is 658 g/mol. The summed E-state index contributed by atoms with van der Waals surface area (Å²) in [6.07, 6.45) is 6.38. The number of amides is 3. The van der Waals surface area contributed by atoms with Crippen LogP contribution in [0, 0.1) is 11.8 Å². The lowest BCUT2D eigenvalue weighted by molar-refractivity contribution is -0.164. The first kappa shape index (κ1) is 35.3. The van der Waals surface area contributed by atoms with Crippen molar-refractivity contribution in [1.29, 1.82) is 0 Å². The van der Waals surface area contributed by atoms with Crippen molar-refractivity contribution < 1.29 is 33.8 Å². The fourth-order valence-electron chi connectivity index (χ4n) is 8.35. The third-order valence-corrected chi connectivity index (χ3v) is 11.1. The van der Waals surface area contributed by atoms with Gasteiger partial charge in [0.2, 0.25) is 17.7 Å². The molecule has 2 saturated heterocycles. The maximum absolute atomic E-state index is 15.1. The summed E-state index contributed by atoms with van der Waals surface area (Å²) < 4.78 is 13.3. The number of hydrogen-bond acceptors (Lipinski definition) is 7. The fraction of sp³-hybridized carbons (Fsp3) is 0.381. The van der Waals surface area contributed by atoms with Crippen molar-refractivity contribution in [3.63, 3.8) is 0 Å². The van der Waals surface area contributed by atoms with Crippen LogP contribution in [-0.2, 0) is 41.6 Å². The summed E-state index contributed by atoms with van der Waals surface area (Å²) in [5.74, 6) is -3.73. The van der Waals surface area contributed by atoms with E-state index in [2.05, 4.69) is 0 Å². The minimum Gasteiger partial charge on any atom is -0.455 e. The van der Waals surface area contributed by atoms with Crippen LogP contribution in [0.3, 0.4) is 0 Å². The number of likely N-dealkylation sites (tertiary alicyclic amines) is 1. The van der Waals surface area contributed by atoms with Crippen LogP contribution < -0.4 is 0 Å². The van der Waals surface area contributed by atoms with Crippen LogP contribution in [0.5, 0.6) is 0 Å². The van der Waals surface area contributed by atoms with Gasteiger partial charge in [-0.05, 0) is 36.5 Å². The average Bonchev–Trinajstić information content (AvgIpc) is 3.57. The monoisotopic (exact) mass is 703 g/mol. The molecule has 270 valence electrons. The van der Waals surface area contributed by atoms with Gasteiger partial charge in [-0.25, -0.2) is 0 Å². The van der Waals surface area contributed by atoms with Gasteiger partial charge in [0.1, 0.15) is 23.7 Å². The molecule has 0 unspecified atom stereocenters. The Kier molecular flexibility index (Phi) is 10.1. The van der Waals surface area contributed by atoms with Crippen molar-refractivity contribution in [2.45, 2.75) is 68.7 Å². The highest BCUT2D eigenvalue weighted by atomic mass is 16.6. The van der Waals surface area contributed by atoms with Gasteiger partial charge < -0.3 is 29.3 Å². The summed E-state index contributed by atoms with van der Waals surface area (Å²) in [5.41, 5.74) is 1.01. The van der Waals surface area contributed by atoms with E-state index in [0.717, 1.165) is 11.1 Å². The number of fused-ring (bicyclic) bond motifs is 2. The number of aliphatic hydroxyl groups excluding tert-OH is 1. The lowest BCUT2D eigenvalue weighted by atomic mass is 9.77. The van der Waals surface area contributed by atoms with Crippen molar-refractivity contribution in [1.82, 2.24) is 14.7 Å². The summed E-state index contributed by atoms with van der Waals surface area (Å²) in [4.78, 5) is 62.7. The Balaban J connectivity index is 1.33. The average molecular weight is 704 g/mol. The number of benzene rings is 3. The molecule has 1 spiro atoms. The molecule has 0 radical (unpaired) electrons. The molecule has 3 aromatic carbocycles. The summed E-state index contributed by atoms with van der Waals surface area (Å²) in [5, 5.41) is 10.9. The summed E-state index contributed by atoms with van der Waals surface area (Å²) >= 11 is 0. The number of esters is 1. The third-order valence-electron chi connectivity index (χ3n) is 11.1. The van der Waals surface area contributed by atoms with E-state index in [1.165, 1.54) is 4.90 Å². The quantitative estimate of drug-likeness (QED) is 0.289. The van der Waals surface area contributed by atoms with Gasteiger partial charge >= 0.3 is 5.97 Å². The van der Waals surface area contributed by atoms with Crippen LogP contribution in [0.4, 0.5) is 0 Å². The second kappa shape index (κ2) is 14.9. The molecule has 8 atom stereocenters. The molecule has 3 amide bonds. The maximum Gasteiger partial charge on any atom is 0.313 e. The van der Waals surface area contributed by atoms with Crippen LogP contribution in [0.25, 0.3) is 0 Å². The number of carbonyl (C=O) groups excluding carboxylic acids is 4. The van der Waals surface area contributed by atoms with E-state index in [1.807, 2.05) is 110 Å². The molecule has 0 saturated carbocycles. The van der Waals surface area contributed by atoms with Gasteiger partial charge in [0.05, 0.1) is 30.7 Å². The topological polar surface area (TPSA) is 117 Å². The first-order valence-electron chi connectivity index (χ1n) is 18.1. The Morgan fingerprint density at radius 3 is 2.19 bits per heavy atom. The predicted octanol–water partition coefficient (Wildman–Crippen LogP) is 4.25. The van der Waals surface area contributed by atoms with Gasteiger partial charge in [-0.1, -0.05) is 115 Å². The van der Waals surface area contributed by atoms with Crippen LogP contribution in [0.15, 0.2) is 115 Å². The number of nitrogens with zero attached hydrogens (tertiary/aromatic N) is 3. The lowest BCUT2D eigenvalue weighted by Crippen LogP contribution is -2.58. The highest BCUT2D eigenvalue weighted by Gasteiger charge is 2.72. The van der Waals surface area contributed by atoms with E-state index in [4.69, 9.17) is 9.47 Å². The number of hydrogen-bond donors (Lipinski definition) is 1. The van der Waals surface area contributed by atoms with Crippen molar-refractivity contribution in [3.8, 4) is 0 Å². The number of rotatable bonds is 7. The molecule has 7 rings (SSSR count). The number of allylic oxidation sites excluding steroid dienone is 1. The number of carbonyl (C=O) groups is 4. The third kappa shape index (κ3) is 6.45. The summed E-state index contributed by atoms with van der Waals surface area (Å²) in [6, 6.07) is 26.0. The second-order valence-corrected chi connectivity index (χ2v) is 14.2. The Morgan fingerprint density at radius 1 is 0.865 bits per heavy atom. The molecule has 0 aliphatic carbocycles. The minimum absolute atomic E-state index is 0.0933. The zero-order chi connectivity index (χ0) is 36.4. The standard InChI is InChI=1S/C42H45N3O7/c1-28-37(31-19-10-5-11-20-31)51-41(50)35-33(21-12-13-22-34(47)43(28)2)52-42-23-14-24-44(26-30-17-8-4-9-18-30)40(49)38(42)45(39(48)36(35)42)32(27-46)25-29-15-6-3-7-16-29/h3-12,14-21,23,28,32-33,35-38,46H,13,22,24-27H2,1-2H3/b21-12-/t28-,32+,33-,35+,36+,37+,38-,42+/m0/s1. The fourth-order valence-corrected chi connectivity index (χ4v) is 8.35. The van der Waals surface area contributed by atoms with E-state index < -0.39 is 66.3 Å². The molecule has 10 heteroatoms. The number of ether oxygens (including phenoxy) is 2. The van der Waals surface area contributed by atoms with Gasteiger partial charge in [-0.3, -0.25) is 19.2 Å². The van der Waals surface area contributed by atoms with Crippen LogP contribution in [0.2, 0.25) is 0 Å². The normalized spacial score (nSPS) is 30.4. The zero-order valence-corrected chi connectivity index (χ0v) is 29.5.